The van der Waals surface area contributed by atoms with Crippen molar-refractivity contribution in [1.82, 2.24) is 15.5 Å². The Morgan fingerprint density at radius 2 is 2.25 bits per heavy atom. The number of nitrogens with one attached hydrogen (secondary N) is 1. The van der Waals surface area contributed by atoms with Crippen molar-refractivity contribution >= 4 is 21.8 Å². The van der Waals surface area contributed by atoms with E-state index >= 15 is 0 Å². The van der Waals surface area contributed by atoms with E-state index in [0.29, 0.717) is 11.5 Å². The van der Waals surface area contributed by atoms with E-state index in [1.165, 1.54) is 12.4 Å². The van der Waals surface area contributed by atoms with Crippen LogP contribution in [-0.2, 0) is 0 Å². The second-order valence-corrected chi connectivity index (χ2v) is 4.73. The number of hydrogen-bond acceptors (Lipinski definition) is 3. The molecule has 0 aromatic carbocycles. The minimum Gasteiger partial charge on any atom is -0.348 e. The van der Waals surface area contributed by atoms with E-state index < -0.39 is 0 Å². The second-order valence-electron chi connectivity index (χ2n) is 4.09. The van der Waals surface area contributed by atoms with Crippen LogP contribution in [-0.4, -0.2) is 27.5 Å². The highest BCUT2D eigenvalue weighted by Gasteiger charge is 2.13. The van der Waals surface area contributed by atoms with Crippen molar-refractivity contribution in [3.63, 3.8) is 0 Å². The number of rotatable bonds is 5. The average Bonchev–Trinajstić information content (AvgIpc) is 2.28. The Hall–Kier alpha value is -0.970. The van der Waals surface area contributed by atoms with Gasteiger partial charge >= 0.3 is 0 Å². The molecule has 5 heteroatoms. The predicted octanol–water partition coefficient (Wildman–Crippen LogP) is 2.02. The highest BCUT2D eigenvalue weighted by molar-refractivity contribution is 9.09. The fourth-order valence-corrected chi connectivity index (χ4v) is 1.85. The van der Waals surface area contributed by atoms with Gasteiger partial charge in [0.2, 0.25) is 0 Å². The zero-order chi connectivity index (χ0) is 12.0. The Bertz CT molecular complexity index is 329. The van der Waals surface area contributed by atoms with Crippen LogP contribution in [0.5, 0.6) is 0 Å². The van der Waals surface area contributed by atoms with Gasteiger partial charge in [-0.25, -0.2) is 0 Å². The molecule has 1 atom stereocenters. The third-order valence-corrected chi connectivity index (χ3v) is 2.91. The number of carbonyl (C=O) groups excluding carboxylic acids is 1. The van der Waals surface area contributed by atoms with Crippen LogP contribution in [0.25, 0.3) is 0 Å². The third kappa shape index (κ3) is 4.26. The van der Waals surface area contributed by atoms with Gasteiger partial charge in [-0.3, -0.25) is 4.79 Å². The van der Waals surface area contributed by atoms with Gasteiger partial charge in [-0.15, -0.1) is 0 Å². The zero-order valence-electron chi connectivity index (χ0n) is 9.48. The monoisotopic (exact) mass is 285 g/mol. The second kappa shape index (κ2) is 6.58. The lowest BCUT2D eigenvalue weighted by molar-refractivity contribution is 0.0936. The first-order valence-electron chi connectivity index (χ1n) is 5.27. The molecule has 88 valence electrons. The SMILES string of the molecule is CC(C)CC(CBr)NC(=O)c1ccnnc1. The van der Waals surface area contributed by atoms with Gasteiger partial charge in [-0.05, 0) is 18.4 Å². The van der Waals surface area contributed by atoms with Crippen molar-refractivity contribution in [3.05, 3.63) is 24.0 Å². The summed E-state index contributed by atoms with van der Waals surface area (Å²) in [5, 5.41) is 11.0. The minimum absolute atomic E-state index is 0.0972. The topological polar surface area (TPSA) is 54.9 Å². The van der Waals surface area contributed by atoms with E-state index in [1.807, 2.05) is 0 Å². The standard InChI is InChI=1S/C11H16BrN3O/c1-8(2)5-10(6-12)15-11(16)9-3-4-13-14-7-9/h3-4,7-8,10H,5-6H2,1-2H3,(H,15,16). The molecule has 1 unspecified atom stereocenters. The van der Waals surface area contributed by atoms with Gasteiger partial charge in [0.1, 0.15) is 0 Å². The summed E-state index contributed by atoms with van der Waals surface area (Å²) in [5.41, 5.74) is 0.546. The molecule has 0 radical (unpaired) electrons. The van der Waals surface area contributed by atoms with Crippen LogP contribution in [0.15, 0.2) is 18.5 Å². The molecule has 0 bridgehead atoms. The van der Waals surface area contributed by atoms with Crippen molar-refractivity contribution in [2.75, 3.05) is 5.33 Å². The van der Waals surface area contributed by atoms with Crippen molar-refractivity contribution < 1.29 is 4.79 Å². The molecule has 4 nitrogen and oxygen atoms in total. The summed E-state index contributed by atoms with van der Waals surface area (Å²) in [6, 6.07) is 1.81. The number of halogens is 1. The molecule has 0 aliphatic carbocycles. The molecule has 0 saturated carbocycles. The number of alkyl halides is 1. The maximum atomic E-state index is 11.8. The first-order chi connectivity index (χ1) is 7.63. The van der Waals surface area contributed by atoms with Crippen molar-refractivity contribution in [2.24, 2.45) is 5.92 Å². The van der Waals surface area contributed by atoms with E-state index in [1.54, 1.807) is 6.07 Å². The molecule has 1 aromatic heterocycles. The molecule has 1 rings (SSSR count). The predicted molar refractivity (Wildman–Crippen MR) is 66.5 cm³/mol. The number of amides is 1. The molecule has 0 aliphatic heterocycles. The lowest BCUT2D eigenvalue weighted by atomic mass is 10.1. The summed E-state index contributed by atoms with van der Waals surface area (Å²) >= 11 is 3.40. The van der Waals surface area contributed by atoms with Crippen molar-refractivity contribution in [2.45, 2.75) is 26.3 Å². The Morgan fingerprint density at radius 3 is 2.75 bits per heavy atom. The van der Waals surface area contributed by atoms with Crippen molar-refractivity contribution in [1.29, 1.82) is 0 Å². The highest BCUT2D eigenvalue weighted by atomic mass is 79.9. The molecular weight excluding hydrogens is 270 g/mol. The molecule has 0 aliphatic rings. The quantitative estimate of drug-likeness (QED) is 0.842. The molecule has 1 heterocycles. The van der Waals surface area contributed by atoms with Crippen LogP contribution in [0.4, 0.5) is 0 Å². The number of carbonyl (C=O) groups is 1. The molecule has 0 spiro atoms. The molecule has 1 aromatic rings. The van der Waals surface area contributed by atoms with Crippen LogP contribution < -0.4 is 5.32 Å². The normalized spacial score (nSPS) is 12.5. The van der Waals surface area contributed by atoms with E-state index in [-0.39, 0.29) is 11.9 Å². The molecule has 1 N–H and O–H groups in total. The fraction of sp³-hybridized carbons (Fsp3) is 0.545. The summed E-state index contributed by atoms with van der Waals surface area (Å²) in [7, 11) is 0. The summed E-state index contributed by atoms with van der Waals surface area (Å²) in [4.78, 5) is 11.8. The molecule has 1 amide bonds. The third-order valence-electron chi connectivity index (χ3n) is 2.12. The van der Waals surface area contributed by atoms with Gasteiger partial charge in [-0.2, -0.15) is 10.2 Å². The van der Waals surface area contributed by atoms with Crippen LogP contribution >= 0.6 is 15.9 Å². The Balaban J connectivity index is 2.56. The molecule has 0 saturated heterocycles. The Labute approximate surface area is 104 Å². The number of nitrogens with zero attached hydrogens (tertiary/aromatic N) is 2. The van der Waals surface area contributed by atoms with Gasteiger partial charge in [0, 0.05) is 11.4 Å². The highest BCUT2D eigenvalue weighted by Crippen LogP contribution is 2.08. The number of aromatic nitrogens is 2. The van der Waals surface area contributed by atoms with E-state index in [2.05, 4.69) is 45.3 Å². The van der Waals surface area contributed by atoms with Crippen LogP contribution in [0, 0.1) is 5.92 Å². The average molecular weight is 286 g/mol. The van der Waals surface area contributed by atoms with Gasteiger partial charge in [0.25, 0.3) is 5.91 Å². The Kier molecular flexibility index (Phi) is 5.38. The first-order valence-corrected chi connectivity index (χ1v) is 6.39. The van der Waals surface area contributed by atoms with Crippen LogP contribution in [0.3, 0.4) is 0 Å². The fourth-order valence-electron chi connectivity index (χ4n) is 1.42. The molecule has 16 heavy (non-hydrogen) atoms. The van der Waals surface area contributed by atoms with Gasteiger partial charge < -0.3 is 5.32 Å². The van der Waals surface area contributed by atoms with Crippen LogP contribution in [0.1, 0.15) is 30.6 Å². The van der Waals surface area contributed by atoms with E-state index in [4.69, 9.17) is 0 Å². The largest absolute Gasteiger partial charge is 0.348 e. The van der Waals surface area contributed by atoms with Gasteiger partial charge in [0.05, 0.1) is 18.0 Å². The molecule has 0 fully saturated rings. The first kappa shape index (κ1) is 13.1. The minimum atomic E-state index is -0.0972. The number of hydrogen-bond donors (Lipinski definition) is 1. The maximum absolute atomic E-state index is 11.8. The lowest BCUT2D eigenvalue weighted by Crippen LogP contribution is -2.37. The zero-order valence-corrected chi connectivity index (χ0v) is 11.1. The maximum Gasteiger partial charge on any atom is 0.253 e. The molecular formula is C11H16BrN3O. The summed E-state index contributed by atoms with van der Waals surface area (Å²) < 4.78 is 0. The van der Waals surface area contributed by atoms with Gasteiger partial charge in [-0.1, -0.05) is 29.8 Å². The van der Waals surface area contributed by atoms with Crippen molar-refractivity contribution in [3.8, 4) is 0 Å². The summed E-state index contributed by atoms with van der Waals surface area (Å²) in [5.74, 6) is 0.457. The summed E-state index contributed by atoms with van der Waals surface area (Å²) in [6.45, 7) is 4.27. The van der Waals surface area contributed by atoms with Gasteiger partial charge in [0.15, 0.2) is 0 Å². The lowest BCUT2D eigenvalue weighted by Gasteiger charge is -2.17. The Morgan fingerprint density at radius 1 is 1.50 bits per heavy atom. The van der Waals surface area contributed by atoms with E-state index in [9.17, 15) is 4.79 Å². The smallest absolute Gasteiger partial charge is 0.253 e. The van der Waals surface area contributed by atoms with E-state index in [0.717, 1.165) is 11.8 Å². The van der Waals surface area contributed by atoms with Crippen LogP contribution in [0.2, 0.25) is 0 Å². The summed E-state index contributed by atoms with van der Waals surface area (Å²) in [6.07, 6.45) is 3.94.